The molecule has 0 bridgehead atoms. The molecule has 0 fully saturated rings. The van der Waals surface area contributed by atoms with E-state index >= 15 is 0 Å². The van der Waals surface area contributed by atoms with Crippen molar-refractivity contribution in [3.8, 4) is 0 Å². The number of hydrogen-bond acceptors (Lipinski definition) is 2. The molecular weight excluding hydrogens is 156 g/mol. The first-order valence-corrected chi connectivity index (χ1v) is 4.69. The Morgan fingerprint density at radius 3 is 2.64 bits per heavy atom. The van der Waals surface area contributed by atoms with Gasteiger partial charge in [0.25, 0.3) is 0 Å². The van der Waals surface area contributed by atoms with Gasteiger partial charge in [0.15, 0.2) is 0 Å². The average Bonchev–Trinajstić information content (AvgIpc) is 2.26. The first-order chi connectivity index (χ1) is 5.24. The topological polar surface area (TPSA) is 9.23 Å². The summed E-state index contributed by atoms with van der Waals surface area (Å²) in [5.41, 5.74) is 1.34. The number of hydrogen-bond donors (Lipinski definition) is 0. The van der Waals surface area contributed by atoms with Crippen LogP contribution >= 0.6 is 11.3 Å². The summed E-state index contributed by atoms with van der Waals surface area (Å²) in [4.78, 5) is 2.76. The van der Waals surface area contributed by atoms with Crippen LogP contribution in [0.15, 0.2) is 6.07 Å². The van der Waals surface area contributed by atoms with E-state index in [-0.39, 0.29) is 0 Å². The fourth-order valence-electron chi connectivity index (χ4n) is 1.04. The molecule has 1 heterocycles. The molecule has 1 aromatic rings. The molecule has 0 atom stereocenters. The van der Waals surface area contributed by atoms with Crippen molar-refractivity contribution in [1.82, 2.24) is 0 Å². The summed E-state index contributed by atoms with van der Waals surface area (Å²) >= 11 is 1.84. The Kier molecular flexibility index (Phi) is 3.09. The molecule has 1 nitrogen and oxygen atoms in total. The summed E-state index contributed by atoms with van der Waals surface area (Å²) in [6.07, 6.45) is 0. The van der Waals surface area contributed by atoms with Gasteiger partial charge in [-0.3, -0.25) is 0 Å². The Hall–Kier alpha value is -0.340. The second-order valence-corrected chi connectivity index (χ2v) is 4.04. The first kappa shape index (κ1) is 8.75. The van der Waals surface area contributed by atoms with Crippen LogP contribution in [0.2, 0.25) is 0 Å². The molecule has 1 rings (SSSR count). The molecule has 0 saturated carbocycles. The molecule has 2 heteroatoms. The second-order valence-electron chi connectivity index (χ2n) is 2.58. The molecule has 0 saturated heterocycles. The minimum Gasteiger partial charge on any atom is -0.377 e. The SMILES string of the molecule is CCOCc1cc(C)sc1C. The lowest BCUT2D eigenvalue weighted by molar-refractivity contribution is 0.134. The van der Waals surface area contributed by atoms with E-state index in [9.17, 15) is 0 Å². The van der Waals surface area contributed by atoms with Crippen molar-refractivity contribution in [2.45, 2.75) is 27.4 Å². The third-order valence-corrected chi connectivity index (χ3v) is 2.61. The van der Waals surface area contributed by atoms with Crippen LogP contribution in [0.3, 0.4) is 0 Å². The molecular formula is C9H14OS. The average molecular weight is 170 g/mol. The van der Waals surface area contributed by atoms with Crippen molar-refractivity contribution in [2.75, 3.05) is 6.61 Å². The summed E-state index contributed by atoms with van der Waals surface area (Å²) < 4.78 is 5.32. The molecule has 0 unspecified atom stereocenters. The molecule has 0 N–H and O–H groups in total. The van der Waals surface area contributed by atoms with Gasteiger partial charge in [0.05, 0.1) is 6.61 Å². The van der Waals surface area contributed by atoms with Crippen molar-refractivity contribution in [3.63, 3.8) is 0 Å². The lowest BCUT2D eigenvalue weighted by Gasteiger charge is -1.98. The number of rotatable bonds is 3. The normalized spacial score (nSPS) is 10.5. The fraction of sp³-hybridized carbons (Fsp3) is 0.556. The van der Waals surface area contributed by atoms with Gasteiger partial charge in [-0.1, -0.05) is 0 Å². The Morgan fingerprint density at radius 1 is 1.45 bits per heavy atom. The van der Waals surface area contributed by atoms with Gasteiger partial charge in [0.1, 0.15) is 0 Å². The molecule has 0 spiro atoms. The van der Waals surface area contributed by atoms with E-state index in [0.717, 1.165) is 13.2 Å². The van der Waals surface area contributed by atoms with E-state index in [1.54, 1.807) is 0 Å². The summed E-state index contributed by atoms with van der Waals surface area (Å²) in [6, 6.07) is 2.20. The van der Waals surface area contributed by atoms with E-state index in [0.29, 0.717) is 0 Å². The van der Waals surface area contributed by atoms with Crippen molar-refractivity contribution in [3.05, 3.63) is 21.4 Å². The van der Waals surface area contributed by atoms with Gasteiger partial charge in [0, 0.05) is 16.4 Å². The molecule has 1 aromatic heterocycles. The largest absolute Gasteiger partial charge is 0.377 e. The molecule has 0 radical (unpaired) electrons. The first-order valence-electron chi connectivity index (χ1n) is 3.87. The van der Waals surface area contributed by atoms with Crippen LogP contribution in [-0.4, -0.2) is 6.61 Å². The molecule has 11 heavy (non-hydrogen) atoms. The zero-order valence-corrected chi connectivity index (χ0v) is 8.12. The maximum absolute atomic E-state index is 5.32. The third-order valence-electron chi connectivity index (χ3n) is 1.61. The second kappa shape index (κ2) is 3.88. The molecule has 0 aliphatic carbocycles. The van der Waals surface area contributed by atoms with Crippen LogP contribution in [0, 0.1) is 13.8 Å². The zero-order valence-electron chi connectivity index (χ0n) is 7.31. The Morgan fingerprint density at radius 2 is 2.18 bits per heavy atom. The third kappa shape index (κ3) is 2.31. The van der Waals surface area contributed by atoms with Crippen LogP contribution in [0.25, 0.3) is 0 Å². The summed E-state index contributed by atoms with van der Waals surface area (Å²) in [7, 11) is 0. The van der Waals surface area contributed by atoms with Gasteiger partial charge in [-0.2, -0.15) is 0 Å². The van der Waals surface area contributed by atoms with E-state index < -0.39 is 0 Å². The van der Waals surface area contributed by atoms with E-state index in [4.69, 9.17) is 4.74 Å². The van der Waals surface area contributed by atoms with E-state index in [2.05, 4.69) is 19.9 Å². The summed E-state index contributed by atoms with van der Waals surface area (Å²) in [6.45, 7) is 7.87. The Bertz CT molecular complexity index is 227. The lowest BCUT2D eigenvalue weighted by Crippen LogP contribution is -1.90. The standard InChI is InChI=1S/C9H14OS/c1-4-10-6-9-5-7(2)11-8(9)3/h5H,4,6H2,1-3H3. The quantitative estimate of drug-likeness (QED) is 0.677. The number of aryl methyl sites for hydroxylation is 2. The molecule has 0 aliphatic heterocycles. The van der Waals surface area contributed by atoms with Crippen LogP contribution in [0.4, 0.5) is 0 Å². The summed E-state index contributed by atoms with van der Waals surface area (Å²) in [5.74, 6) is 0. The minimum atomic E-state index is 0.771. The minimum absolute atomic E-state index is 0.771. The Balaban J connectivity index is 2.62. The predicted molar refractivity (Wildman–Crippen MR) is 49.1 cm³/mol. The highest BCUT2D eigenvalue weighted by Crippen LogP contribution is 2.20. The van der Waals surface area contributed by atoms with E-state index in [1.165, 1.54) is 15.3 Å². The molecule has 0 aliphatic rings. The lowest BCUT2D eigenvalue weighted by atomic mass is 10.3. The number of ether oxygens (including phenoxy) is 1. The van der Waals surface area contributed by atoms with Crippen LogP contribution < -0.4 is 0 Å². The van der Waals surface area contributed by atoms with E-state index in [1.807, 2.05) is 18.3 Å². The van der Waals surface area contributed by atoms with Gasteiger partial charge in [-0.05, 0) is 32.4 Å². The predicted octanol–water partition coefficient (Wildman–Crippen LogP) is 2.90. The van der Waals surface area contributed by atoms with Crippen LogP contribution in [0.1, 0.15) is 22.2 Å². The highest BCUT2D eigenvalue weighted by molar-refractivity contribution is 7.12. The van der Waals surface area contributed by atoms with Gasteiger partial charge < -0.3 is 4.74 Å². The van der Waals surface area contributed by atoms with Gasteiger partial charge in [0.2, 0.25) is 0 Å². The van der Waals surface area contributed by atoms with Crippen molar-refractivity contribution >= 4 is 11.3 Å². The Labute approximate surface area is 72.0 Å². The fourth-order valence-corrected chi connectivity index (χ4v) is 1.97. The monoisotopic (exact) mass is 170 g/mol. The van der Waals surface area contributed by atoms with Crippen LogP contribution in [-0.2, 0) is 11.3 Å². The molecule has 0 aromatic carbocycles. The van der Waals surface area contributed by atoms with Gasteiger partial charge >= 0.3 is 0 Å². The van der Waals surface area contributed by atoms with Gasteiger partial charge in [-0.25, -0.2) is 0 Å². The zero-order chi connectivity index (χ0) is 8.27. The maximum atomic E-state index is 5.32. The highest BCUT2D eigenvalue weighted by atomic mass is 32.1. The molecule has 0 amide bonds. The maximum Gasteiger partial charge on any atom is 0.0727 e. The molecule has 62 valence electrons. The van der Waals surface area contributed by atoms with Gasteiger partial charge in [-0.15, -0.1) is 11.3 Å². The smallest absolute Gasteiger partial charge is 0.0727 e. The van der Waals surface area contributed by atoms with Crippen molar-refractivity contribution < 1.29 is 4.74 Å². The van der Waals surface area contributed by atoms with Crippen LogP contribution in [0.5, 0.6) is 0 Å². The van der Waals surface area contributed by atoms with Crippen molar-refractivity contribution in [1.29, 1.82) is 0 Å². The highest BCUT2D eigenvalue weighted by Gasteiger charge is 2.01. The summed E-state index contributed by atoms with van der Waals surface area (Å²) in [5, 5.41) is 0. The van der Waals surface area contributed by atoms with Crippen molar-refractivity contribution in [2.24, 2.45) is 0 Å². The number of thiophene rings is 1.